The summed E-state index contributed by atoms with van der Waals surface area (Å²) in [6.45, 7) is 0. The minimum absolute atomic E-state index is 0. The smallest absolute Gasteiger partial charge is 0.550 e. The summed E-state index contributed by atoms with van der Waals surface area (Å²) < 4.78 is 0. The van der Waals surface area contributed by atoms with Crippen LogP contribution in [0.1, 0.15) is 12.8 Å². The van der Waals surface area contributed by atoms with Gasteiger partial charge in [0.2, 0.25) is 0 Å². The summed E-state index contributed by atoms with van der Waals surface area (Å²) in [4.78, 5) is 30.0. The van der Waals surface area contributed by atoms with Crippen LogP contribution in [0.5, 0.6) is 0 Å². The summed E-state index contributed by atoms with van der Waals surface area (Å²) in [6.07, 6.45) is -2.72. The molecule has 0 aromatic carbocycles. The number of carboxylic acids is 3. The van der Waals surface area contributed by atoms with Crippen molar-refractivity contribution >= 4 is 17.9 Å². The number of aliphatic hydroxyl groups is 1. The van der Waals surface area contributed by atoms with Crippen molar-refractivity contribution in [1.82, 2.24) is 6.15 Å². The molecule has 0 fully saturated rings. The van der Waals surface area contributed by atoms with Crippen LogP contribution in [0, 0.1) is 0 Å². The van der Waals surface area contributed by atoms with Gasteiger partial charge in [0.05, 0.1) is 5.97 Å². The molecule has 0 bridgehead atoms. The molecular weight excluding hydrogens is 289 g/mol. The van der Waals surface area contributed by atoms with Crippen LogP contribution in [0.2, 0.25) is 0 Å². The Morgan fingerprint density at radius 3 is 1.40 bits per heavy atom. The van der Waals surface area contributed by atoms with Crippen molar-refractivity contribution in [2.24, 2.45) is 0 Å². The van der Waals surface area contributed by atoms with E-state index in [4.69, 9.17) is 5.11 Å². The van der Waals surface area contributed by atoms with Crippen LogP contribution < -0.4 is 21.5 Å². The van der Waals surface area contributed by atoms with Gasteiger partial charge in [0.1, 0.15) is 5.60 Å². The van der Waals surface area contributed by atoms with Crippen LogP contribution in [0.3, 0.4) is 0 Å². The average Bonchev–Trinajstić information content (AvgIpc) is 1.82. The molecule has 0 radical (unpaired) electrons. The summed E-state index contributed by atoms with van der Waals surface area (Å²) in [5, 5.41) is 38.9. The maximum absolute atomic E-state index is 10.1. The second-order valence-electron chi connectivity index (χ2n) is 2.42. The Labute approximate surface area is 104 Å². The third kappa shape index (κ3) is 7.18. The normalized spacial score (nSPS) is 9.40. The van der Waals surface area contributed by atoms with E-state index in [1.54, 1.807) is 0 Å². The van der Waals surface area contributed by atoms with E-state index in [9.17, 15) is 29.7 Å². The second-order valence-corrected chi connectivity index (χ2v) is 2.42. The first-order valence-corrected chi connectivity index (χ1v) is 3.11. The molecule has 9 heteroatoms. The Morgan fingerprint density at radius 1 is 1.00 bits per heavy atom. The van der Waals surface area contributed by atoms with E-state index in [0.29, 0.717) is 0 Å². The predicted molar refractivity (Wildman–Crippen MR) is 35.2 cm³/mol. The van der Waals surface area contributed by atoms with E-state index in [0.717, 1.165) is 0 Å². The van der Waals surface area contributed by atoms with E-state index >= 15 is 0 Å². The standard InChI is InChI=1S/C6H8O7.H3N.Zr/c7-3(8)1-6(13,5(11)12)2-4(9)10;;/h13H,1-2H2,(H,7,8)(H,9,10)(H,11,12);1H3;/q;;+2/p-2. The van der Waals surface area contributed by atoms with Gasteiger partial charge >= 0.3 is 26.2 Å². The van der Waals surface area contributed by atoms with Gasteiger partial charge in [-0.3, -0.25) is 0 Å². The largest absolute Gasteiger partial charge is 2.00 e. The number of aliphatic carboxylic acids is 3. The van der Waals surface area contributed by atoms with Crippen molar-refractivity contribution in [3.8, 4) is 0 Å². The number of rotatable bonds is 5. The summed E-state index contributed by atoms with van der Waals surface area (Å²) in [6, 6.07) is 0. The molecule has 15 heavy (non-hydrogen) atoms. The Bertz CT molecular complexity index is 238. The molecule has 8 nitrogen and oxygen atoms in total. The molecule has 0 unspecified atom stereocenters. The van der Waals surface area contributed by atoms with Gasteiger partial charge in [-0.25, -0.2) is 0 Å². The van der Waals surface area contributed by atoms with Crippen molar-refractivity contribution in [3.05, 3.63) is 0 Å². The minimum Gasteiger partial charge on any atom is -0.550 e. The monoisotopic (exact) mass is 297 g/mol. The fourth-order valence-corrected chi connectivity index (χ4v) is 0.684. The first-order chi connectivity index (χ1) is 5.78. The Hall–Kier alpha value is -0.787. The molecular formula is C6H9NO7Zr. The van der Waals surface area contributed by atoms with Crippen LogP contribution in [0.25, 0.3) is 0 Å². The van der Waals surface area contributed by atoms with E-state index in [1.807, 2.05) is 0 Å². The zero-order valence-corrected chi connectivity index (χ0v) is 10.3. The Morgan fingerprint density at radius 2 is 1.27 bits per heavy atom. The average molecular weight is 298 g/mol. The first-order valence-electron chi connectivity index (χ1n) is 3.11. The molecule has 0 amide bonds. The molecule has 0 rings (SSSR count). The Kier molecular flexibility index (Phi) is 9.86. The number of hydrogen-bond acceptors (Lipinski definition) is 7. The van der Waals surface area contributed by atoms with Crippen molar-refractivity contribution in [2.75, 3.05) is 0 Å². The molecule has 0 atom stereocenters. The summed E-state index contributed by atoms with van der Waals surface area (Å²) in [7, 11) is 0. The number of hydrogen-bond donors (Lipinski definition) is 2. The summed E-state index contributed by atoms with van der Waals surface area (Å²) in [5.74, 6) is -5.98. The molecule has 0 saturated carbocycles. The number of carbonyl (C=O) groups is 3. The molecule has 0 saturated heterocycles. The van der Waals surface area contributed by atoms with Crippen LogP contribution in [-0.4, -0.2) is 28.6 Å². The third-order valence-electron chi connectivity index (χ3n) is 1.25. The number of carboxylic acid groups (broad SMARTS) is 3. The quantitative estimate of drug-likeness (QED) is 0.510. The van der Waals surface area contributed by atoms with E-state index in [1.165, 1.54) is 0 Å². The van der Waals surface area contributed by atoms with Crippen LogP contribution in [0.4, 0.5) is 0 Å². The molecule has 0 aromatic heterocycles. The minimum atomic E-state index is -2.97. The van der Waals surface area contributed by atoms with Gasteiger partial charge in [-0.2, -0.15) is 0 Å². The zero-order chi connectivity index (χ0) is 10.6. The van der Waals surface area contributed by atoms with Gasteiger partial charge in [-0.05, 0) is 0 Å². The van der Waals surface area contributed by atoms with E-state index in [-0.39, 0.29) is 32.4 Å². The van der Waals surface area contributed by atoms with E-state index < -0.39 is 36.4 Å². The summed E-state index contributed by atoms with van der Waals surface area (Å²) >= 11 is 0. The van der Waals surface area contributed by atoms with Gasteiger partial charge in [0.15, 0.2) is 0 Å². The molecule has 0 aromatic rings. The fourth-order valence-electron chi connectivity index (χ4n) is 0.684. The van der Waals surface area contributed by atoms with Crippen molar-refractivity contribution < 1.29 is 61.0 Å². The summed E-state index contributed by atoms with van der Waals surface area (Å²) in [5.41, 5.74) is -2.97. The van der Waals surface area contributed by atoms with Crippen molar-refractivity contribution in [2.45, 2.75) is 18.4 Å². The maximum Gasteiger partial charge on any atom is 2.00 e. The molecule has 0 aliphatic carbocycles. The van der Waals surface area contributed by atoms with Crippen LogP contribution in [-0.2, 0) is 40.6 Å². The van der Waals surface area contributed by atoms with Crippen LogP contribution >= 0.6 is 0 Å². The second kappa shape index (κ2) is 7.50. The first kappa shape index (κ1) is 19.7. The molecule has 84 valence electrons. The molecule has 0 aliphatic heterocycles. The van der Waals surface area contributed by atoms with Gasteiger partial charge < -0.3 is 41.0 Å². The number of quaternary nitrogens is 1. The van der Waals surface area contributed by atoms with E-state index in [2.05, 4.69) is 0 Å². The van der Waals surface area contributed by atoms with Gasteiger partial charge in [-0.1, -0.05) is 0 Å². The number of carbonyl (C=O) groups excluding carboxylic acids is 3. The zero-order valence-electron chi connectivity index (χ0n) is 7.81. The maximum atomic E-state index is 10.1. The van der Waals surface area contributed by atoms with Gasteiger partial charge in [0, 0.05) is 24.8 Å². The van der Waals surface area contributed by atoms with Crippen molar-refractivity contribution in [1.29, 1.82) is 0 Å². The third-order valence-corrected chi connectivity index (χ3v) is 1.25. The molecule has 5 N–H and O–H groups in total. The Balaban J connectivity index is -0.000000720. The van der Waals surface area contributed by atoms with Crippen molar-refractivity contribution in [3.63, 3.8) is 0 Å². The molecule has 0 heterocycles. The van der Waals surface area contributed by atoms with Crippen LogP contribution in [0.15, 0.2) is 0 Å². The predicted octanol–water partition coefficient (Wildman–Crippen LogP) is -4.88. The topological polar surface area (TPSA) is 177 Å². The van der Waals surface area contributed by atoms with Gasteiger partial charge in [-0.15, -0.1) is 0 Å². The SMILES string of the molecule is O=C([O-])CC(O)(CC(=O)[O-])C(=O)[O-].[NH4+].[Zr+2]. The fraction of sp³-hybridized carbons (Fsp3) is 0.500. The molecule has 0 aliphatic rings. The van der Waals surface area contributed by atoms with Gasteiger partial charge in [0.25, 0.3) is 0 Å². The molecule has 0 spiro atoms.